The molecular weight excluding hydrogens is 202 g/mol. The molecule has 0 radical (unpaired) electrons. The number of hydrogen-bond donors (Lipinski definition) is 2. The Morgan fingerprint density at radius 1 is 1.31 bits per heavy atom. The molecule has 0 bridgehead atoms. The number of nitrogens with zero attached hydrogens (tertiary/aromatic N) is 1. The van der Waals surface area contributed by atoms with Gasteiger partial charge < -0.3 is 10.6 Å². The lowest BCUT2D eigenvalue weighted by Gasteiger charge is -2.35. The number of rotatable bonds is 4. The normalized spacial score (nSPS) is 27.4. The summed E-state index contributed by atoms with van der Waals surface area (Å²) in [6.45, 7) is 6.62. The topological polar surface area (TPSA) is 44.4 Å². The number of hydrogen-bond acceptors (Lipinski definition) is 3. The number of piperidine rings is 1. The van der Waals surface area contributed by atoms with Crippen LogP contribution in [0.25, 0.3) is 0 Å². The third-order valence-electron chi connectivity index (χ3n) is 3.77. The van der Waals surface area contributed by atoms with Gasteiger partial charge >= 0.3 is 0 Å². The zero-order valence-corrected chi connectivity index (χ0v) is 10.2. The summed E-state index contributed by atoms with van der Waals surface area (Å²) in [7, 11) is 0. The number of amides is 1. The SMILES string of the molecule is CCN(CC1CCC(=O)N1)C1CCNCC1. The number of carbonyl (C=O) groups excluding carboxylic acids is 1. The smallest absolute Gasteiger partial charge is 0.220 e. The first-order valence-corrected chi connectivity index (χ1v) is 6.53. The van der Waals surface area contributed by atoms with Crippen LogP contribution in [0.5, 0.6) is 0 Å². The van der Waals surface area contributed by atoms with Crippen molar-refractivity contribution in [2.45, 2.75) is 44.7 Å². The molecule has 2 saturated heterocycles. The van der Waals surface area contributed by atoms with Crippen LogP contribution in [0.2, 0.25) is 0 Å². The van der Waals surface area contributed by atoms with Crippen molar-refractivity contribution in [1.29, 1.82) is 0 Å². The minimum atomic E-state index is 0.228. The van der Waals surface area contributed by atoms with E-state index in [9.17, 15) is 4.79 Å². The molecule has 0 aliphatic carbocycles. The highest BCUT2D eigenvalue weighted by Gasteiger charge is 2.26. The quantitative estimate of drug-likeness (QED) is 0.725. The fourth-order valence-electron chi connectivity index (χ4n) is 2.81. The van der Waals surface area contributed by atoms with Crippen LogP contribution in [-0.2, 0) is 4.79 Å². The lowest BCUT2D eigenvalue weighted by Crippen LogP contribution is -2.47. The number of carbonyl (C=O) groups is 1. The molecule has 0 saturated carbocycles. The molecule has 2 aliphatic rings. The highest BCUT2D eigenvalue weighted by atomic mass is 16.1. The zero-order chi connectivity index (χ0) is 11.4. The minimum absolute atomic E-state index is 0.228. The van der Waals surface area contributed by atoms with Crippen LogP contribution >= 0.6 is 0 Å². The molecule has 1 atom stereocenters. The Morgan fingerprint density at radius 3 is 2.62 bits per heavy atom. The standard InChI is InChI=1S/C12H23N3O/c1-2-15(11-5-7-13-8-6-11)9-10-3-4-12(16)14-10/h10-11,13H,2-9H2,1H3,(H,14,16). The summed E-state index contributed by atoms with van der Waals surface area (Å²) in [5.74, 6) is 0.228. The van der Waals surface area contributed by atoms with E-state index in [-0.39, 0.29) is 5.91 Å². The summed E-state index contributed by atoms with van der Waals surface area (Å²) in [6, 6.07) is 1.10. The first-order chi connectivity index (χ1) is 7.79. The fraction of sp³-hybridized carbons (Fsp3) is 0.917. The van der Waals surface area contributed by atoms with Gasteiger partial charge in [-0.25, -0.2) is 0 Å². The van der Waals surface area contributed by atoms with E-state index in [1.807, 2.05) is 0 Å². The van der Waals surface area contributed by atoms with Crippen molar-refractivity contribution in [3.05, 3.63) is 0 Å². The van der Waals surface area contributed by atoms with Gasteiger partial charge in [0.15, 0.2) is 0 Å². The molecule has 0 spiro atoms. The van der Waals surface area contributed by atoms with Gasteiger partial charge in [-0.1, -0.05) is 6.92 Å². The van der Waals surface area contributed by atoms with Gasteiger partial charge in [-0.3, -0.25) is 9.69 Å². The highest BCUT2D eigenvalue weighted by Crippen LogP contribution is 2.15. The molecule has 4 nitrogen and oxygen atoms in total. The third kappa shape index (κ3) is 2.95. The van der Waals surface area contributed by atoms with Gasteiger partial charge in [0.05, 0.1) is 0 Å². The molecule has 0 aromatic carbocycles. The van der Waals surface area contributed by atoms with Crippen molar-refractivity contribution in [3.63, 3.8) is 0 Å². The second kappa shape index (κ2) is 5.64. The molecule has 0 aromatic rings. The molecule has 2 rings (SSSR count). The maximum absolute atomic E-state index is 11.2. The maximum Gasteiger partial charge on any atom is 0.220 e. The first-order valence-electron chi connectivity index (χ1n) is 6.53. The van der Waals surface area contributed by atoms with Gasteiger partial charge in [-0.05, 0) is 38.9 Å². The second-order valence-electron chi connectivity index (χ2n) is 4.87. The van der Waals surface area contributed by atoms with Crippen molar-refractivity contribution in [2.75, 3.05) is 26.2 Å². The number of likely N-dealkylation sites (N-methyl/N-ethyl adjacent to an activating group) is 1. The van der Waals surface area contributed by atoms with Gasteiger partial charge in [0.25, 0.3) is 0 Å². The van der Waals surface area contributed by atoms with Crippen LogP contribution in [-0.4, -0.2) is 49.1 Å². The van der Waals surface area contributed by atoms with Crippen molar-refractivity contribution in [3.8, 4) is 0 Å². The van der Waals surface area contributed by atoms with Crippen LogP contribution in [0.4, 0.5) is 0 Å². The highest BCUT2D eigenvalue weighted by molar-refractivity contribution is 5.78. The van der Waals surface area contributed by atoms with Crippen LogP contribution in [0.15, 0.2) is 0 Å². The molecule has 2 heterocycles. The van der Waals surface area contributed by atoms with Crippen molar-refractivity contribution in [2.24, 2.45) is 0 Å². The Kier molecular flexibility index (Phi) is 4.18. The summed E-state index contributed by atoms with van der Waals surface area (Å²) < 4.78 is 0. The molecule has 2 fully saturated rings. The molecule has 2 N–H and O–H groups in total. The van der Waals surface area contributed by atoms with E-state index in [2.05, 4.69) is 22.5 Å². The van der Waals surface area contributed by atoms with E-state index < -0.39 is 0 Å². The molecular formula is C12H23N3O. The van der Waals surface area contributed by atoms with E-state index in [0.29, 0.717) is 18.5 Å². The molecule has 1 amide bonds. The molecule has 92 valence electrons. The third-order valence-corrected chi connectivity index (χ3v) is 3.77. The summed E-state index contributed by atoms with van der Waals surface area (Å²) in [4.78, 5) is 13.7. The Labute approximate surface area is 97.8 Å². The van der Waals surface area contributed by atoms with Gasteiger partial charge in [-0.15, -0.1) is 0 Å². The van der Waals surface area contributed by atoms with Crippen molar-refractivity contribution >= 4 is 5.91 Å². The van der Waals surface area contributed by atoms with E-state index in [1.165, 1.54) is 12.8 Å². The van der Waals surface area contributed by atoms with Gasteiger partial charge in [0.1, 0.15) is 0 Å². The average molecular weight is 225 g/mol. The summed E-state index contributed by atoms with van der Waals surface area (Å²) >= 11 is 0. The molecule has 0 aromatic heterocycles. The first kappa shape index (κ1) is 11.9. The Bertz CT molecular complexity index is 238. The lowest BCUT2D eigenvalue weighted by molar-refractivity contribution is -0.119. The van der Waals surface area contributed by atoms with Gasteiger partial charge in [-0.2, -0.15) is 0 Å². The van der Waals surface area contributed by atoms with Crippen LogP contribution in [0.1, 0.15) is 32.6 Å². The van der Waals surface area contributed by atoms with Gasteiger partial charge in [0.2, 0.25) is 5.91 Å². The summed E-state index contributed by atoms with van der Waals surface area (Å²) in [5, 5.41) is 6.46. The number of nitrogens with one attached hydrogen (secondary N) is 2. The predicted molar refractivity (Wildman–Crippen MR) is 64.3 cm³/mol. The van der Waals surface area contributed by atoms with Gasteiger partial charge in [0, 0.05) is 25.0 Å². The lowest BCUT2D eigenvalue weighted by atomic mass is 10.0. The molecule has 1 unspecified atom stereocenters. The van der Waals surface area contributed by atoms with Crippen molar-refractivity contribution < 1.29 is 4.79 Å². The predicted octanol–water partition coefficient (Wildman–Crippen LogP) is 0.339. The largest absolute Gasteiger partial charge is 0.352 e. The fourth-order valence-corrected chi connectivity index (χ4v) is 2.81. The molecule has 2 aliphatic heterocycles. The van der Waals surface area contributed by atoms with Crippen LogP contribution in [0.3, 0.4) is 0 Å². The minimum Gasteiger partial charge on any atom is -0.352 e. The Balaban J connectivity index is 1.82. The zero-order valence-electron chi connectivity index (χ0n) is 10.2. The van der Waals surface area contributed by atoms with E-state index in [0.717, 1.165) is 32.6 Å². The Morgan fingerprint density at radius 2 is 2.06 bits per heavy atom. The second-order valence-corrected chi connectivity index (χ2v) is 4.87. The van der Waals surface area contributed by atoms with Crippen molar-refractivity contribution in [1.82, 2.24) is 15.5 Å². The molecule has 4 heteroatoms. The van der Waals surface area contributed by atoms with Crippen LogP contribution in [0, 0.1) is 0 Å². The van der Waals surface area contributed by atoms with E-state index in [1.54, 1.807) is 0 Å². The monoisotopic (exact) mass is 225 g/mol. The Hall–Kier alpha value is -0.610. The molecule has 16 heavy (non-hydrogen) atoms. The summed E-state index contributed by atoms with van der Waals surface area (Å²) in [5.41, 5.74) is 0. The average Bonchev–Trinajstić information content (AvgIpc) is 2.73. The van der Waals surface area contributed by atoms with Crippen LogP contribution < -0.4 is 10.6 Å². The summed E-state index contributed by atoms with van der Waals surface area (Å²) in [6.07, 6.45) is 4.22. The maximum atomic E-state index is 11.2. The van der Waals surface area contributed by atoms with E-state index in [4.69, 9.17) is 0 Å². The van der Waals surface area contributed by atoms with E-state index >= 15 is 0 Å².